The van der Waals surface area contributed by atoms with Crippen molar-refractivity contribution in [3.05, 3.63) is 0 Å². The summed E-state index contributed by atoms with van der Waals surface area (Å²) in [6.07, 6.45) is 3.86. The molecule has 2 aliphatic rings. The second kappa shape index (κ2) is 2.21. The number of hydrogen-bond donors (Lipinski definition) is 2. The van der Waals surface area contributed by atoms with Crippen molar-refractivity contribution >= 4 is 0 Å². The lowest BCUT2D eigenvalue weighted by Gasteiger charge is -2.39. The normalized spacial score (nSPS) is 52.2. The predicted octanol–water partition coefficient (Wildman–Crippen LogP) is 0.319. The Hall–Kier alpha value is -0.0800. The van der Waals surface area contributed by atoms with Crippen LogP contribution in [0.15, 0.2) is 0 Å². The molecular weight excluding hydrogens is 124 g/mol. The maximum Gasteiger partial charge on any atom is 0.00444 e. The fraction of sp³-hybridized carbons (Fsp3) is 1.00. The van der Waals surface area contributed by atoms with Gasteiger partial charge in [0.1, 0.15) is 0 Å². The molecule has 2 fully saturated rings. The van der Waals surface area contributed by atoms with Crippen molar-refractivity contribution in [2.45, 2.75) is 25.3 Å². The third-order valence-electron chi connectivity index (χ3n) is 3.30. The highest BCUT2D eigenvalue weighted by atomic mass is 14.7. The fourth-order valence-corrected chi connectivity index (χ4v) is 2.69. The first-order valence-corrected chi connectivity index (χ1v) is 4.27. The summed E-state index contributed by atoms with van der Waals surface area (Å²) in [5, 5.41) is 0. The van der Waals surface area contributed by atoms with Crippen LogP contribution in [-0.4, -0.2) is 12.6 Å². The number of nitrogens with two attached hydrogens (primary N) is 2. The van der Waals surface area contributed by atoms with Crippen molar-refractivity contribution in [3.63, 3.8) is 0 Å². The second-order valence-electron chi connectivity index (χ2n) is 3.89. The van der Waals surface area contributed by atoms with Crippen LogP contribution in [0.2, 0.25) is 0 Å². The van der Waals surface area contributed by atoms with Gasteiger partial charge < -0.3 is 11.5 Å². The first-order chi connectivity index (χ1) is 4.81. The Kier molecular flexibility index (Phi) is 1.46. The van der Waals surface area contributed by atoms with Gasteiger partial charge in [0, 0.05) is 6.04 Å². The van der Waals surface area contributed by atoms with Crippen LogP contribution in [-0.2, 0) is 0 Å². The SMILES string of the molecule is NCC1C[C@H]2CC(N)CC12. The van der Waals surface area contributed by atoms with E-state index in [1.54, 1.807) is 0 Å². The smallest absolute Gasteiger partial charge is 0.00444 e. The quantitative estimate of drug-likeness (QED) is 0.551. The van der Waals surface area contributed by atoms with Crippen molar-refractivity contribution < 1.29 is 0 Å². The van der Waals surface area contributed by atoms with Gasteiger partial charge in [0.05, 0.1) is 0 Å². The molecule has 2 saturated carbocycles. The van der Waals surface area contributed by atoms with Crippen molar-refractivity contribution in [3.8, 4) is 0 Å². The second-order valence-corrected chi connectivity index (χ2v) is 3.89. The zero-order chi connectivity index (χ0) is 7.14. The largest absolute Gasteiger partial charge is 0.330 e. The summed E-state index contributed by atoms with van der Waals surface area (Å²) in [5.74, 6) is 2.67. The van der Waals surface area contributed by atoms with E-state index in [0.29, 0.717) is 6.04 Å². The maximum absolute atomic E-state index is 5.83. The van der Waals surface area contributed by atoms with Crippen molar-refractivity contribution in [1.29, 1.82) is 0 Å². The van der Waals surface area contributed by atoms with Gasteiger partial charge in [0.2, 0.25) is 0 Å². The van der Waals surface area contributed by atoms with E-state index >= 15 is 0 Å². The Morgan fingerprint density at radius 1 is 1.20 bits per heavy atom. The molecule has 0 heterocycles. The van der Waals surface area contributed by atoms with E-state index in [4.69, 9.17) is 11.5 Å². The molecule has 0 spiro atoms. The molecule has 2 rings (SSSR count). The molecule has 0 aromatic rings. The van der Waals surface area contributed by atoms with E-state index in [1.165, 1.54) is 19.3 Å². The lowest BCUT2D eigenvalue weighted by molar-refractivity contribution is 0.111. The van der Waals surface area contributed by atoms with Crippen LogP contribution in [0.1, 0.15) is 19.3 Å². The van der Waals surface area contributed by atoms with Crippen LogP contribution in [0.3, 0.4) is 0 Å². The molecule has 10 heavy (non-hydrogen) atoms. The molecule has 0 radical (unpaired) electrons. The standard InChI is InChI=1S/C8H16N2/c9-4-6-1-5-2-7(10)3-8(5)6/h5-8H,1-4,9-10H2/t5-,6?,7?,8?/m0/s1. The topological polar surface area (TPSA) is 52.0 Å². The average Bonchev–Trinajstić information content (AvgIpc) is 2.15. The van der Waals surface area contributed by atoms with Gasteiger partial charge in [-0.25, -0.2) is 0 Å². The Labute approximate surface area is 62.0 Å². The van der Waals surface area contributed by atoms with Crippen LogP contribution in [0.5, 0.6) is 0 Å². The third kappa shape index (κ3) is 0.789. The predicted molar refractivity (Wildman–Crippen MR) is 41.4 cm³/mol. The highest BCUT2D eigenvalue weighted by Crippen LogP contribution is 2.49. The summed E-state index contributed by atoms with van der Waals surface area (Å²) in [5.41, 5.74) is 11.4. The van der Waals surface area contributed by atoms with Gasteiger partial charge in [0.25, 0.3) is 0 Å². The van der Waals surface area contributed by atoms with Crippen LogP contribution in [0.25, 0.3) is 0 Å². The van der Waals surface area contributed by atoms with Gasteiger partial charge >= 0.3 is 0 Å². The van der Waals surface area contributed by atoms with Crippen LogP contribution < -0.4 is 11.5 Å². The molecule has 0 aromatic carbocycles. The monoisotopic (exact) mass is 140 g/mol. The van der Waals surface area contributed by atoms with E-state index in [-0.39, 0.29) is 0 Å². The highest BCUT2D eigenvalue weighted by Gasteiger charge is 2.45. The highest BCUT2D eigenvalue weighted by molar-refractivity contribution is 4.98. The molecule has 0 aromatic heterocycles. The van der Waals surface area contributed by atoms with Gasteiger partial charge in [-0.2, -0.15) is 0 Å². The molecule has 4 N–H and O–H groups in total. The molecule has 2 heteroatoms. The lowest BCUT2D eigenvalue weighted by Crippen LogP contribution is -2.37. The zero-order valence-corrected chi connectivity index (χ0v) is 6.29. The van der Waals surface area contributed by atoms with Gasteiger partial charge in [-0.15, -0.1) is 0 Å². The molecular formula is C8H16N2. The minimum Gasteiger partial charge on any atom is -0.330 e. The van der Waals surface area contributed by atoms with E-state index in [2.05, 4.69) is 0 Å². The Morgan fingerprint density at radius 3 is 2.60 bits per heavy atom. The van der Waals surface area contributed by atoms with Crippen LogP contribution in [0, 0.1) is 17.8 Å². The number of fused-ring (bicyclic) bond motifs is 1. The minimum absolute atomic E-state index is 0.492. The zero-order valence-electron chi connectivity index (χ0n) is 6.29. The van der Waals surface area contributed by atoms with E-state index < -0.39 is 0 Å². The lowest BCUT2D eigenvalue weighted by atomic mass is 9.67. The third-order valence-corrected chi connectivity index (χ3v) is 3.30. The summed E-state index contributed by atoms with van der Waals surface area (Å²) in [6.45, 7) is 0.883. The van der Waals surface area contributed by atoms with Gasteiger partial charge in [0.15, 0.2) is 0 Å². The molecule has 3 unspecified atom stereocenters. The van der Waals surface area contributed by atoms with Crippen LogP contribution in [0.4, 0.5) is 0 Å². The van der Waals surface area contributed by atoms with Gasteiger partial charge in [-0.3, -0.25) is 0 Å². The van der Waals surface area contributed by atoms with Crippen molar-refractivity contribution in [2.24, 2.45) is 29.2 Å². The number of hydrogen-bond acceptors (Lipinski definition) is 2. The van der Waals surface area contributed by atoms with E-state index in [1.807, 2.05) is 0 Å². The van der Waals surface area contributed by atoms with E-state index in [9.17, 15) is 0 Å². The van der Waals surface area contributed by atoms with Crippen LogP contribution >= 0.6 is 0 Å². The molecule has 4 atom stereocenters. The molecule has 0 amide bonds. The molecule has 0 saturated heterocycles. The fourth-order valence-electron chi connectivity index (χ4n) is 2.69. The first-order valence-electron chi connectivity index (χ1n) is 4.27. The van der Waals surface area contributed by atoms with Gasteiger partial charge in [-0.1, -0.05) is 0 Å². The summed E-state index contributed by atoms with van der Waals surface area (Å²) in [4.78, 5) is 0. The summed E-state index contributed by atoms with van der Waals surface area (Å²) < 4.78 is 0. The Balaban J connectivity index is 1.93. The molecule has 2 aliphatic carbocycles. The summed E-state index contributed by atoms with van der Waals surface area (Å²) in [7, 11) is 0. The first kappa shape index (κ1) is 6.62. The summed E-state index contributed by atoms with van der Waals surface area (Å²) >= 11 is 0. The molecule has 0 bridgehead atoms. The number of rotatable bonds is 1. The van der Waals surface area contributed by atoms with E-state index in [0.717, 1.165) is 24.3 Å². The summed E-state index contributed by atoms with van der Waals surface area (Å²) in [6, 6.07) is 0.492. The Bertz CT molecular complexity index is 131. The van der Waals surface area contributed by atoms with Crippen molar-refractivity contribution in [1.82, 2.24) is 0 Å². The Morgan fingerprint density at radius 2 is 2.00 bits per heavy atom. The molecule has 2 nitrogen and oxygen atoms in total. The van der Waals surface area contributed by atoms with Gasteiger partial charge in [-0.05, 0) is 43.6 Å². The maximum atomic E-state index is 5.83. The molecule has 58 valence electrons. The molecule has 0 aliphatic heterocycles. The minimum atomic E-state index is 0.492. The average molecular weight is 140 g/mol. The van der Waals surface area contributed by atoms with Crippen molar-refractivity contribution in [2.75, 3.05) is 6.54 Å².